The average Bonchev–Trinajstić information content (AvgIpc) is 3.30. The standard InChI is InChI=1S/C16H15ClFNO2S/c17-13-8-9-15(14(18)10-13)22(20,21)19-16(12-6-7-12)11-4-2-1-3-5-11/h1-5,8-10,12,16,19H,6-7H2/t16-/m1/s1. The average molecular weight is 340 g/mol. The van der Waals surface area contributed by atoms with E-state index in [1.807, 2.05) is 30.3 Å². The summed E-state index contributed by atoms with van der Waals surface area (Å²) in [5.41, 5.74) is 0.892. The van der Waals surface area contributed by atoms with Crippen molar-refractivity contribution in [1.29, 1.82) is 0 Å². The first kappa shape index (κ1) is 15.5. The van der Waals surface area contributed by atoms with Crippen LogP contribution in [0.15, 0.2) is 53.4 Å². The van der Waals surface area contributed by atoms with E-state index in [9.17, 15) is 12.8 Å². The molecule has 0 aliphatic heterocycles. The topological polar surface area (TPSA) is 46.2 Å². The molecule has 0 heterocycles. The second-order valence-electron chi connectivity index (χ2n) is 5.42. The number of nitrogens with one attached hydrogen (secondary N) is 1. The van der Waals surface area contributed by atoms with Crippen LogP contribution in [-0.2, 0) is 10.0 Å². The maximum atomic E-state index is 13.9. The summed E-state index contributed by atoms with van der Waals surface area (Å²) in [6.07, 6.45) is 1.93. The SMILES string of the molecule is O=S(=O)(N[C@H](c1ccccc1)C1CC1)c1ccc(Cl)cc1F. The minimum absolute atomic E-state index is 0.165. The Balaban J connectivity index is 1.92. The molecular weight excluding hydrogens is 325 g/mol. The summed E-state index contributed by atoms with van der Waals surface area (Å²) < 4.78 is 41.5. The molecular formula is C16H15ClFNO2S. The minimum atomic E-state index is -3.94. The van der Waals surface area contributed by atoms with Gasteiger partial charge in [0.1, 0.15) is 10.7 Å². The van der Waals surface area contributed by atoms with E-state index in [0.717, 1.165) is 24.5 Å². The lowest BCUT2D eigenvalue weighted by Crippen LogP contribution is -2.30. The molecule has 0 spiro atoms. The van der Waals surface area contributed by atoms with Gasteiger partial charge in [-0.15, -0.1) is 0 Å². The molecule has 0 bridgehead atoms. The summed E-state index contributed by atoms with van der Waals surface area (Å²) in [6.45, 7) is 0. The second-order valence-corrected chi connectivity index (χ2v) is 7.54. The van der Waals surface area contributed by atoms with E-state index in [4.69, 9.17) is 11.6 Å². The van der Waals surface area contributed by atoms with Gasteiger partial charge in [0.15, 0.2) is 0 Å². The summed E-state index contributed by atoms with van der Waals surface area (Å²) in [4.78, 5) is -0.376. The van der Waals surface area contributed by atoms with Crippen molar-refractivity contribution in [2.45, 2.75) is 23.8 Å². The molecule has 6 heteroatoms. The third kappa shape index (κ3) is 3.32. The predicted molar refractivity (Wildman–Crippen MR) is 83.6 cm³/mol. The molecule has 0 radical (unpaired) electrons. The zero-order valence-electron chi connectivity index (χ0n) is 11.7. The summed E-state index contributed by atoms with van der Waals surface area (Å²) >= 11 is 5.67. The molecule has 3 nitrogen and oxygen atoms in total. The first-order valence-electron chi connectivity index (χ1n) is 7.00. The quantitative estimate of drug-likeness (QED) is 0.897. The highest BCUT2D eigenvalue weighted by Crippen LogP contribution is 2.41. The number of hydrogen-bond acceptors (Lipinski definition) is 2. The Morgan fingerprint density at radius 1 is 1.14 bits per heavy atom. The molecule has 1 aliphatic rings. The Morgan fingerprint density at radius 3 is 2.41 bits per heavy atom. The van der Waals surface area contributed by atoms with Crippen LogP contribution in [0.5, 0.6) is 0 Å². The molecule has 0 unspecified atom stereocenters. The lowest BCUT2D eigenvalue weighted by Gasteiger charge is -2.19. The first-order valence-corrected chi connectivity index (χ1v) is 8.86. The first-order chi connectivity index (χ1) is 10.5. The van der Waals surface area contributed by atoms with E-state index >= 15 is 0 Å². The van der Waals surface area contributed by atoms with Crippen LogP contribution >= 0.6 is 11.6 Å². The van der Waals surface area contributed by atoms with E-state index in [2.05, 4.69) is 4.72 Å². The molecule has 22 heavy (non-hydrogen) atoms. The van der Waals surface area contributed by atoms with Gasteiger partial charge in [-0.1, -0.05) is 41.9 Å². The van der Waals surface area contributed by atoms with Crippen LogP contribution in [0.4, 0.5) is 4.39 Å². The Hall–Kier alpha value is -1.43. The van der Waals surface area contributed by atoms with Gasteiger partial charge in [0.2, 0.25) is 10.0 Å². The summed E-state index contributed by atoms with van der Waals surface area (Å²) in [6, 6.07) is 12.6. The van der Waals surface area contributed by atoms with Crippen LogP contribution in [0.1, 0.15) is 24.4 Å². The van der Waals surface area contributed by atoms with Crippen LogP contribution in [0.25, 0.3) is 0 Å². The Morgan fingerprint density at radius 2 is 1.82 bits per heavy atom. The number of benzene rings is 2. The van der Waals surface area contributed by atoms with Crippen molar-refractivity contribution < 1.29 is 12.8 Å². The highest BCUT2D eigenvalue weighted by molar-refractivity contribution is 7.89. The molecule has 0 amide bonds. The third-order valence-electron chi connectivity index (χ3n) is 3.72. The van der Waals surface area contributed by atoms with Gasteiger partial charge in [-0.3, -0.25) is 0 Å². The van der Waals surface area contributed by atoms with Crippen molar-refractivity contribution in [2.75, 3.05) is 0 Å². The molecule has 3 rings (SSSR count). The Kier molecular flexibility index (Phi) is 4.21. The molecule has 1 saturated carbocycles. The molecule has 0 saturated heterocycles. The molecule has 2 aromatic carbocycles. The number of rotatable bonds is 5. The van der Waals surface area contributed by atoms with E-state index in [-0.39, 0.29) is 21.9 Å². The molecule has 116 valence electrons. The van der Waals surface area contributed by atoms with Gasteiger partial charge < -0.3 is 0 Å². The predicted octanol–water partition coefficient (Wildman–Crippen LogP) is 3.91. The number of sulfonamides is 1. The fourth-order valence-corrected chi connectivity index (χ4v) is 3.96. The minimum Gasteiger partial charge on any atom is -0.207 e. The Labute approximate surface area is 134 Å². The lowest BCUT2D eigenvalue weighted by atomic mass is 10.0. The van der Waals surface area contributed by atoms with Crippen LogP contribution in [0, 0.1) is 11.7 Å². The molecule has 1 N–H and O–H groups in total. The zero-order valence-corrected chi connectivity index (χ0v) is 13.2. The fourth-order valence-electron chi connectivity index (χ4n) is 2.45. The van der Waals surface area contributed by atoms with Crippen LogP contribution < -0.4 is 4.72 Å². The molecule has 1 atom stereocenters. The van der Waals surface area contributed by atoms with Crippen LogP contribution in [0.3, 0.4) is 0 Å². The van der Waals surface area contributed by atoms with Crippen molar-refractivity contribution in [3.63, 3.8) is 0 Å². The summed E-state index contributed by atoms with van der Waals surface area (Å²) in [5.74, 6) is -0.588. The van der Waals surface area contributed by atoms with Gasteiger partial charge in [0.05, 0.1) is 0 Å². The van der Waals surface area contributed by atoms with Gasteiger partial charge in [0, 0.05) is 11.1 Å². The van der Waals surface area contributed by atoms with Crippen molar-refractivity contribution >= 4 is 21.6 Å². The largest absolute Gasteiger partial charge is 0.244 e. The van der Waals surface area contributed by atoms with Gasteiger partial charge >= 0.3 is 0 Å². The highest BCUT2D eigenvalue weighted by Gasteiger charge is 2.36. The van der Waals surface area contributed by atoms with Gasteiger partial charge in [-0.2, -0.15) is 0 Å². The van der Waals surface area contributed by atoms with E-state index < -0.39 is 15.8 Å². The van der Waals surface area contributed by atoms with Gasteiger partial charge in [-0.25, -0.2) is 17.5 Å². The van der Waals surface area contributed by atoms with Crippen LogP contribution in [0.2, 0.25) is 5.02 Å². The van der Waals surface area contributed by atoms with Crippen molar-refractivity contribution in [3.05, 3.63) is 64.9 Å². The molecule has 2 aromatic rings. The fraction of sp³-hybridized carbons (Fsp3) is 0.250. The van der Waals surface area contributed by atoms with E-state index in [0.29, 0.717) is 0 Å². The van der Waals surface area contributed by atoms with Crippen LogP contribution in [-0.4, -0.2) is 8.42 Å². The van der Waals surface area contributed by atoms with E-state index in [1.54, 1.807) is 0 Å². The third-order valence-corrected chi connectivity index (χ3v) is 5.43. The Bertz CT molecular complexity index is 776. The highest BCUT2D eigenvalue weighted by atomic mass is 35.5. The van der Waals surface area contributed by atoms with Crippen molar-refractivity contribution in [1.82, 2.24) is 4.72 Å². The molecule has 0 aromatic heterocycles. The molecule has 1 aliphatic carbocycles. The normalized spacial score (nSPS) is 16.5. The molecule has 1 fully saturated rings. The maximum absolute atomic E-state index is 13.9. The summed E-state index contributed by atoms with van der Waals surface area (Å²) in [5, 5.41) is 0.165. The van der Waals surface area contributed by atoms with Gasteiger partial charge in [-0.05, 0) is 42.5 Å². The lowest BCUT2D eigenvalue weighted by molar-refractivity contribution is 0.519. The summed E-state index contributed by atoms with van der Waals surface area (Å²) in [7, 11) is -3.94. The number of hydrogen-bond donors (Lipinski definition) is 1. The smallest absolute Gasteiger partial charge is 0.207 e. The monoisotopic (exact) mass is 339 g/mol. The zero-order chi connectivity index (χ0) is 15.7. The van der Waals surface area contributed by atoms with E-state index in [1.165, 1.54) is 12.1 Å². The van der Waals surface area contributed by atoms with Crippen molar-refractivity contribution in [3.8, 4) is 0 Å². The second kappa shape index (κ2) is 5.99. The van der Waals surface area contributed by atoms with Gasteiger partial charge in [0.25, 0.3) is 0 Å². The van der Waals surface area contributed by atoms with Crippen molar-refractivity contribution in [2.24, 2.45) is 5.92 Å². The number of halogens is 2. The maximum Gasteiger partial charge on any atom is 0.244 e.